The van der Waals surface area contributed by atoms with Crippen molar-refractivity contribution in [1.29, 1.82) is 0 Å². The Morgan fingerprint density at radius 1 is 1.17 bits per heavy atom. The molecule has 0 saturated heterocycles. The van der Waals surface area contributed by atoms with Crippen LogP contribution in [0.2, 0.25) is 0 Å². The van der Waals surface area contributed by atoms with Crippen molar-refractivity contribution in [3.63, 3.8) is 0 Å². The highest BCUT2D eigenvalue weighted by Gasteiger charge is 2.61. The average molecular weight is 319 g/mol. The van der Waals surface area contributed by atoms with Gasteiger partial charge in [0.25, 0.3) is 0 Å². The van der Waals surface area contributed by atoms with E-state index in [-0.39, 0.29) is 17.6 Å². The van der Waals surface area contributed by atoms with Crippen molar-refractivity contribution in [3.8, 4) is 0 Å². The summed E-state index contributed by atoms with van der Waals surface area (Å²) in [5.74, 6) is 2.67. The fraction of sp³-hybridized carbons (Fsp3) is 0.905. The van der Waals surface area contributed by atoms with Crippen LogP contribution in [0.15, 0.2) is 11.6 Å². The van der Waals surface area contributed by atoms with Crippen molar-refractivity contribution in [2.24, 2.45) is 34.5 Å². The van der Waals surface area contributed by atoms with Crippen molar-refractivity contribution in [3.05, 3.63) is 11.6 Å². The van der Waals surface area contributed by atoms with Gasteiger partial charge in [-0.15, -0.1) is 0 Å². The van der Waals surface area contributed by atoms with Crippen LogP contribution in [-0.4, -0.2) is 22.4 Å². The van der Waals surface area contributed by atoms with Crippen LogP contribution < -0.4 is 0 Å². The highest BCUT2D eigenvalue weighted by molar-refractivity contribution is 5.26. The van der Waals surface area contributed by atoms with E-state index >= 15 is 0 Å². The van der Waals surface area contributed by atoms with E-state index in [0.29, 0.717) is 17.3 Å². The monoisotopic (exact) mass is 318 g/mol. The van der Waals surface area contributed by atoms with Gasteiger partial charge in [0.2, 0.25) is 0 Å². The zero-order valence-corrected chi connectivity index (χ0v) is 15.1. The van der Waals surface area contributed by atoms with Crippen LogP contribution in [0.25, 0.3) is 0 Å². The van der Waals surface area contributed by atoms with E-state index < -0.39 is 0 Å². The Labute approximate surface area is 141 Å². The molecule has 0 aromatic carbocycles. The lowest BCUT2D eigenvalue weighted by Gasteiger charge is -2.59. The summed E-state index contributed by atoms with van der Waals surface area (Å²) in [4.78, 5) is 0. The summed E-state index contributed by atoms with van der Waals surface area (Å²) in [6, 6.07) is 0. The molecule has 0 amide bonds. The normalized spacial score (nSPS) is 55.6. The van der Waals surface area contributed by atoms with Gasteiger partial charge in [-0.25, -0.2) is 0 Å². The minimum Gasteiger partial charge on any atom is -0.393 e. The van der Waals surface area contributed by atoms with E-state index in [4.69, 9.17) is 0 Å². The molecule has 2 N–H and O–H groups in total. The molecule has 0 aliphatic heterocycles. The molecule has 3 saturated carbocycles. The SMILES string of the molecule is CC[C@H]1CCC2C3CC=C4C[C@@H](O)CC[C@]4(C)C3[C@@H](O)C[C@@]21C. The average Bonchev–Trinajstić information content (AvgIpc) is 2.83. The standard InChI is InChI=1S/C21H34O2/c1-4-13-6-8-17-16-7-5-14-11-15(22)9-10-20(14,2)19(16)18(23)12-21(13,17)3/h5,13,15-19,22-23H,4,6-12H2,1-3H3/t13-,15-,16?,17?,18-,19?,20-,21+/m0/s1. The fourth-order valence-electron chi connectivity index (χ4n) is 7.55. The molecule has 23 heavy (non-hydrogen) atoms. The van der Waals surface area contributed by atoms with E-state index in [1.807, 2.05) is 0 Å². The zero-order chi connectivity index (χ0) is 16.4. The highest BCUT2D eigenvalue weighted by atomic mass is 16.3. The third-order valence-electron chi connectivity index (χ3n) is 8.70. The van der Waals surface area contributed by atoms with Gasteiger partial charge in [0.1, 0.15) is 0 Å². The molecular weight excluding hydrogens is 284 g/mol. The Morgan fingerprint density at radius 3 is 2.70 bits per heavy atom. The molecule has 2 nitrogen and oxygen atoms in total. The number of aliphatic hydroxyl groups is 2. The van der Waals surface area contributed by atoms with Gasteiger partial charge in [-0.3, -0.25) is 0 Å². The first-order valence-corrected chi connectivity index (χ1v) is 9.95. The summed E-state index contributed by atoms with van der Waals surface area (Å²) in [7, 11) is 0. The first-order valence-electron chi connectivity index (χ1n) is 9.95. The molecule has 4 rings (SSSR count). The molecule has 4 aliphatic carbocycles. The molecule has 4 aliphatic rings. The largest absolute Gasteiger partial charge is 0.393 e. The van der Waals surface area contributed by atoms with Crippen molar-refractivity contribution in [2.75, 3.05) is 0 Å². The van der Waals surface area contributed by atoms with Gasteiger partial charge in [0.15, 0.2) is 0 Å². The van der Waals surface area contributed by atoms with Crippen molar-refractivity contribution in [1.82, 2.24) is 0 Å². The van der Waals surface area contributed by atoms with Crippen LogP contribution in [0.4, 0.5) is 0 Å². The molecule has 2 heteroatoms. The van der Waals surface area contributed by atoms with Gasteiger partial charge in [-0.1, -0.05) is 38.8 Å². The minimum absolute atomic E-state index is 0.132. The lowest BCUT2D eigenvalue weighted by atomic mass is 9.46. The molecule has 0 aromatic rings. The van der Waals surface area contributed by atoms with Gasteiger partial charge in [0, 0.05) is 0 Å². The molecule has 3 fully saturated rings. The number of allylic oxidation sites excluding steroid dienone is 1. The molecule has 0 aromatic heterocycles. The quantitative estimate of drug-likeness (QED) is 0.707. The van der Waals surface area contributed by atoms with Crippen LogP contribution in [0, 0.1) is 34.5 Å². The van der Waals surface area contributed by atoms with E-state index in [0.717, 1.165) is 43.9 Å². The zero-order valence-electron chi connectivity index (χ0n) is 15.1. The third-order valence-corrected chi connectivity index (χ3v) is 8.70. The third kappa shape index (κ3) is 2.13. The molecule has 130 valence electrons. The van der Waals surface area contributed by atoms with Gasteiger partial charge in [-0.2, -0.15) is 0 Å². The Morgan fingerprint density at radius 2 is 1.96 bits per heavy atom. The Kier molecular flexibility index (Phi) is 3.74. The van der Waals surface area contributed by atoms with Crippen LogP contribution >= 0.6 is 0 Å². The maximum atomic E-state index is 11.2. The summed E-state index contributed by atoms with van der Waals surface area (Å²) >= 11 is 0. The smallest absolute Gasteiger partial charge is 0.0585 e. The van der Waals surface area contributed by atoms with Gasteiger partial charge >= 0.3 is 0 Å². The second-order valence-electron chi connectivity index (χ2n) is 9.54. The molecule has 0 spiro atoms. The topological polar surface area (TPSA) is 40.5 Å². The lowest BCUT2D eigenvalue weighted by molar-refractivity contribution is -0.125. The Hall–Kier alpha value is -0.340. The van der Waals surface area contributed by atoms with Crippen LogP contribution in [-0.2, 0) is 0 Å². The molecular formula is C21H34O2. The Balaban J connectivity index is 1.71. The first-order chi connectivity index (χ1) is 10.9. The van der Waals surface area contributed by atoms with Crippen molar-refractivity contribution >= 4 is 0 Å². The summed E-state index contributed by atoms with van der Waals surface area (Å²) in [5.41, 5.74) is 1.93. The summed E-state index contributed by atoms with van der Waals surface area (Å²) in [6.07, 6.45) is 11.1. The number of fused-ring (bicyclic) bond motifs is 5. The van der Waals surface area contributed by atoms with Gasteiger partial charge in [-0.05, 0) is 79.4 Å². The molecule has 0 heterocycles. The van der Waals surface area contributed by atoms with E-state index in [1.165, 1.54) is 24.8 Å². The Bertz CT molecular complexity index is 512. The van der Waals surface area contributed by atoms with Gasteiger partial charge < -0.3 is 10.2 Å². The number of rotatable bonds is 1. The van der Waals surface area contributed by atoms with E-state index in [9.17, 15) is 10.2 Å². The maximum absolute atomic E-state index is 11.2. The van der Waals surface area contributed by atoms with Crippen molar-refractivity contribution < 1.29 is 10.2 Å². The summed E-state index contributed by atoms with van der Waals surface area (Å²) < 4.78 is 0. The maximum Gasteiger partial charge on any atom is 0.0585 e. The number of hydrogen-bond acceptors (Lipinski definition) is 2. The van der Waals surface area contributed by atoms with Crippen molar-refractivity contribution in [2.45, 2.75) is 84.3 Å². The van der Waals surface area contributed by atoms with Gasteiger partial charge in [0.05, 0.1) is 12.2 Å². The molecule has 8 atom stereocenters. The molecule has 3 unspecified atom stereocenters. The number of aliphatic hydroxyl groups excluding tert-OH is 2. The highest BCUT2D eigenvalue weighted by Crippen LogP contribution is 2.66. The fourth-order valence-corrected chi connectivity index (χ4v) is 7.55. The second kappa shape index (κ2) is 5.33. The molecule has 0 radical (unpaired) electrons. The number of hydrogen-bond donors (Lipinski definition) is 2. The van der Waals surface area contributed by atoms with E-state index in [1.54, 1.807) is 0 Å². The van der Waals surface area contributed by atoms with Crippen LogP contribution in [0.5, 0.6) is 0 Å². The predicted molar refractivity (Wildman–Crippen MR) is 92.9 cm³/mol. The van der Waals surface area contributed by atoms with Crippen LogP contribution in [0.3, 0.4) is 0 Å². The second-order valence-corrected chi connectivity index (χ2v) is 9.54. The van der Waals surface area contributed by atoms with Crippen LogP contribution in [0.1, 0.15) is 72.1 Å². The lowest BCUT2D eigenvalue weighted by Crippen LogP contribution is -2.56. The first kappa shape index (κ1) is 16.1. The summed E-state index contributed by atoms with van der Waals surface area (Å²) in [6.45, 7) is 7.20. The summed E-state index contributed by atoms with van der Waals surface area (Å²) in [5, 5.41) is 21.3. The molecule has 0 bridgehead atoms. The predicted octanol–water partition coefficient (Wildman–Crippen LogP) is 4.31. The van der Waals surface area contributed by atoms with E-state index in [2.05, 4.69) is 26.8 Å². The minimum atomic E-state index is -0.159.